The first kappa shape index (κ1) is 11.7. The van der Waals surface area contributed by atoms with Gasteiger partial charge < -0.3 is 14.6 Å². The Kier molecular flexibility index (Phi) is 2.36. The van der Waals surface area contributed by atoms with Crippen LogP contribution in [-0.4, -0.2) is 26.6 Å². The molecule has 0 spiro atoms. The van der Waals surface area contributed by atoms with E-state index in [2.05, 4.69) is 0 Å². The largest absolute Gasteiger partial charge is 0.478 e. The zero-order valence-electron chi connectivity index (χ0n) is 9.88. The molecule has 2 N–H and O–H groups in total. The molecule has 0 aliphatic carbocycles. The van der Waals surface area contributed by atoms with Crippen LogP contribution in [0.5, 0.6) is 0 Å². The summed E-state index contributed by atoms with van der Waals surface area (Å²) in [5, 5.41) is 18.5. The molecule has 0 unspecified atom stereocenters. The fraction of sp³-hybridized carbons (Fsp3) is 0.0769. The van der Waals surface area contributed by atoms with Crippen molar-refractivity contribution in [2.75, 3.05) is 0 Å². The number of benzene rings is 1. The summed E-state index contributed by atoms with van der Waals surface area (Å²) in [7, 11) is 0. The predicted molar refractivity (Wildman–Crippen MR) is 71.4 cm³/mol. The predicted octanol–water partition coefficient (Wildman–Crippen LogP) is 2.86. The van der Waals surface area contributed by atoms with Crippen molar-refractivity contribution in [2.24, 2.45) is 0 Å². The number of aromatic carboxylic acids is 2. The van der Waals surface area contributed by atoms with Crippen molar-refractivity contribution in [3.05, 3.63) is 41.1 Å². The molecular weight excluding hydrogens is 266 g/mol. The number of para-hydroxylation sites is 1. The molecule has 5 nitrogen and oxygen atoms in total. The number of hydrogen-bond donors (Lipinski definition) is 2. The molecule has 0 bridgehead atoms. The molecule has 0 saturated carbocycles. The van der Waals surface area contributed by atoms with Crippen molar-refractivity contribution in [1.82, 2.24) is 4.40 Å². The van der Waals surface area contributed by atoms with Crippen molar-refractivity contribution in [2.45, 2.75) is 6.92 Å². The molecule has 0 saturated heterocycles. The van der Waals surface area contributed by atoms with Crippen LogP contribution in [0.15, 0.2) is 24.3 Å². The third-order valence-electron chi connectivity index (χ3n) is 3.10. The lowest BCUT2D eigenvalue weighted by molar-refractivity contribution is 0.0653. The fourth-order valence-corrected chi connectivity index (χ4v) is 3.58. The molecule has 96 valence electrons. The Balaban J connectivity index is 2.59. The molecule has 0 amide bonds. The maximum atomic E-state index is 11.4. The van der Waals surface area contributed by atoms with E-state index >= 15 is 0 Å². The number of aromatic nitrogens is 1. The lowest BCUT2D eigenvalue weighted by Gasteiger charge is -1.97. The minimum atomic E-state index is -1.21. The second kappa shape index (κ2) is 3.83. The van der Waals surface area contributed by atoms with Gasteiger partial charge in [0.25, 0.3) is 0 Å². The molecule has 0 aliphatic rings. The first-order chi connectivity index (χ1) is 9.02. The van der Waals surface area contributed by atoms with Crippen LogP contribution in [0.25, 0.3) is 15.0 Å². The molecule has 0 aliphatic heterocycles. The van der Waals surface area contributed by atoms with Crippen molar-refractivity contribution < 1.29 is 19.8 Å². The number of carboxylic acids is 2. The average molecular weight is 275 g/mol. The van der Waals surface area contributed by atoms with Crippen molar-refractivity contribution in [3.63, 3.8) is 0 Å². The number of carbonyl (C=O) groups is 2. The number of nitrogens with zero attached hydrogens (tertiary/aromatic N) is 1. The molecule has 2 aromatic heterocycles. The Labute approximate surface area is 111 Å². The van der Waals surface area contributed by atoms with E-state index in [1.807, 2.05) is 24.3 Å². The quantitative estimate of drug-likeness (QED) is 0.753. The van der Waals surface area contributed by atoms with Gasteiger partial charge in [-0.25, -0.2) is 9.59 Å². The standard InChI is InChI=1S/C13H9NO4S/c1-6-9(12(15)16)10(13(17)18)11-14(6)7-4-2-3-5-8(7)19-11/h2-5H,1H3,(H,15,16)(H,17,18). The zero-order valence-corrected chi connectivity index (χ0v) is 10.7. The van der Waals surface area contributed by atoms with E-state index in [-0.39, 0.29) is 11.1 Å². The van der Waals surface area contributed by atoms with Gasteiger partial charge in [0.05, 0.1) is 15.8 Å². The zero-order chi connectivity index (χ0) is 13.7. The maximum Gasteiger partial charge on any atom is 0.339 e. The van der Waals surface area contributed by atoms with Crippen LogP contribution in [-0.2, 0) is 0 Å². The van der Waals surface area contributed by atoms with Gasteiger partial charge in [-0.1, -0.05) is 12.1 Å². The third-order valence-corrected chi connectivity index (χ3v) is 4.25. The monoisotopic (exact) mass is 275 g/mol. The molecule has 6 heteroatoms. The average Bonchev–Trinajstić information content (AvgIpc) is 2.84. The Morgan fingerprint density at radius 3 is 2.37 bits per heavy atom. The first-order valence-electron chi connectivity index (χ1n) is 5.51. The van der Waals surface area contributed by atoms with Crippen LogP contribution < -0.4 is 0 Å². The Morgan fingerprint density at radius 1 is 1.11 bits per heavy atom. The summed E-state index contributed by atoms with van der Waals surface area (Å²) in [6.07, 6.45) is 0. The van der Waals surface area contributed by atoms with Gasteiger partial charge in [0.1, 0.15) is 10.4 Å². The van der Waals surface area contributed by atoms with Gasteiger partial charge in [-0.2, -0.15) is 0 Å². The second-order valence-electron chi connectivity index (χ2n) is 4.16. The van der Waals surface area contributed by atoms with Crippen LogP contribution in [0.4, 0.5) is 0 Å². The molecule has 0 atom stereocenters. The minimum Gasteiger partial charge on any atom is -0.478 e. The van der Waals surface area contributed by atoms with Crippen LogP contribution >= 0.6 is 11.3 Å². The van der Waals surface area contributed by atoms with Gasteiger partial charge in [0.2, 0.25) is 0 Å². The molecule has 0 fully saturated rings. The van der Waals surface area contributed by atoms with Crippen LogP contribution in [0.1, 0.15) is 26.4 Å². The van der Waals surface area contributed by atoms with E-state index in [1.54, 1.807) is 11.3 Å². The Morgan fingerprint density at radius 2 is 1.74 bits per heavy atom. The van der Waals surface area contributed by atoms with Gasteiger partial charge in [0, 0.05) is 5.69 Å². The second-order valence-corrected chi connectivity index (χ2v) is 5.19. The van der Waals surface area contributed by atoms with Gasteiger partial charge in [0.15, 0.2) is 0 Å². The highest BCUT2D eigenvalue weighted by Crippen LogP contribution is 2.34. The number of carboxylic acid groups (broad SMARTS) is 2. The molecule has 19 heavy (non-hydrogen) atoms. The Hall–Kier alpha value is -2.34. The summed E-state index contributed by atoms with van der Waals surface area (Å²) in [6.45, 7) is 1.63. The van der Waals surface area contributed by atoms with Gasteiger partial charge in [-0.3, -0.25) is 0 Å². The SMILES string of the molecule is Cc1c(C(=O)O)c(C(=O)O)c2sc3ccccc3n12. The highest BCUT2D eigenvalue weighted by Gasteiger charge is 2.27. The number of rotatable bonds is 2. The number of hydrogen-bond acceptors (Lipinski definition) is 3. The fourth-order valence-electron chi connectivity index (χ4n) is 2.34. The van der Waals surface area contributed by atoms with Crippen LogP contribution in [0.3, 0.4) is 0 Å². The maximum absolute atomic E-state index is 11.4. The normalized spacial score (nSPS) is 11.2. The minimum absolute atomic E-state index is 0.133. The van der Waals surface area contributed by atoms with Crippen molar-refractivity contribution >= 4 is 38.3 Å². The van der Waals surface area contributed by atoms with E-state index in [0.29, 0.717) is 10.5 Å². The van der Waals surface area contributed by atoms with Crippen molar-refractivity contribution in [3.8, 4) is 0 Å². The van der Waals surface area contributed by atoms with Crippen molar-refractivity contribution in [1.29, 1.82) is 0 Å². The van der Waals surface area contributed by atoms with Crippen LogP contribution in [0, 0.1) is 6.92 Å². The van der Waals surface area contributed by atoms with Crippen LogP contribution in [0.2, 0.25) is 0 Å². The number of fused-ring (bicyclic) bond motifs is 3. The molecular formula is C13H9NO4S. The molecule has 2 heterocycles. The summed E-state index contributed by atoms with van der Waals surface area (Å²) in [6, 6.07) is 7.45. The topological polar surface area (TPSA) is 79.0 Å². The number of aryl methyl sites for hydroxylation is 1. The summed E-state index contributed by atoms with van der Waals surface area (Å²) >= 11 is 1.29. The highest BCUT2D eigenvalue weighted by atomic mass is 32.1. The summed E-state index contributed by atoms with van der Waals surface area (Å²) in [4.78, 5) is 23.1. The lowest BCUT2D eigenvalue weighted by Crippen LogP contribution is -2.06. The van der Waals surface area contributed by atoms with E-state index in [0.717, 1.165) is 10.2 Å². The van der Waals surface area contributed by atoms with E-state index in [1.165, 1.54) is 11.3 Å². The first-order valence-corrected chi connectivity index (χ1v) is 6.33. The van der Waals surface area contributed by atoms with Gasteiger partial charge >= 0.3 is 11.9 Å². The number of thiazole rings is 1. The van der Waals surface area contributed by atoms with E-state index in [9.17, 15) is 19.8 Å². The summed E-state index contributed by atoms with van der Waals surface area (Å²) < 4.78 is 2.63. The lowest BCUT2D eigenvalue weighted by atomic mass is 10.1. The van der Waals surface area contributed by atoms with Gasteiger partial charge in [-0.15, -0.1) is 11.3 Å². The van der Waals surface area contributed by atoms with Gasteiger partial charge in [-0.05, 0) is 19.1 Å². The molecule has 3 rings (SSSR count). The highest BCUT2D eigenvalue weighted by molar-refractivity contribution is 7.24. The van der Waals surface area contributed by atoms with E-state index in [4.69, 9.17) is 0 Å². The smallest absolute Gasteiger partial charge is 0.339 e. The Bertz CT molecular complexity index is 843. The third kappa shape index (κ3) is 1.47. The summed E-state index contributed by atoms with van der Waals surface area (Å²) in [5.74, 6) is -2.43. The molecule has 3 aromatic rings. The molecule has 0 radical (unpaired) electrons. The summed E-state index contributed by atoms with van der Waals surface area (Å²) in [5.41, 5.74) is 1.00. The molecule has 1 aromatic carbocycles. The van der Waals surface area contributed by atoms with E-state index < -0.39 is 11.9 Å².